The molecule has 1 aromatic heterocycles. The van der Waals surface area contributed by atoms with Gasteiger partial charge in [0.25, 0.3) is 11.8 Å². The van der Waals surface area contributed by atoms with Gasteiger partial charge in [0.1, 0.15) is 12.6 Å². The number of imide groups is 1. The largest absolute Gasteiger partial charge is 0.337 e. The fourth-order valence-corrected chi connectivity index (χ4v) is 4.77. The van der Waals surface area contributed by atoms with E-state index in [2.05, 4.69) is 20.9 Å². The van der Waals surface area contributed by atoms with Crippen LogP contribution in [0.3, 0.4) is 0 Å². The molecule has 0 radical (unpaired) electrons. The SMILES string of the molecule is O=C1CCC(N2Cc3c(NC(=O)Cn4cc(C(=O)N5CCCCC5)nn4)cccc3C2=O)C(=O)N1. The Kier molecular flexibility index (Phi) is 6.01. The lowest BCUT2D eigenvalue weighted by Crippen LogP contribution is -2.52. The Morgan fingerprint density at radius 2 is 1.91 bits per heavy atom. The first-order chi connectivity index (χ1) is 16.9. The molecule has 12 nitrogen and oxygen atoms in total. The van der Waals surface area contributed by atoms with Crippen LogP contribution in [0.4, 0.5) is 5.69 Å². The molecule has 2 saturated heterocycles. The number of fused-ring (bicyclic) bond motifs is 1. The number of hydrogen-bond acceptors (Lipinski definition) is 7. The zero-order valence-corrected chi connectivity index (χ0v) is 19.0. The van der Waals surface area contributed by atoms with Crippen LogP contribution in [0.15, 0.2) is 24.4 Å². The number of carbonyl (C=O) groups excluding carboxylic acids is 5. The van der Waals surface area contributed by atoms with E-state index in [0.717, 1.165) is 19.3 Å². The normalized spacial score (nSPS) is 20.0. The van der Waals surface area contributed by atoms with Crippen LogP contribution in [0.2, 0.25) is 0 Å². The van der Waals surface area contributed by atoms with Gasteiger partial charge in [-0.1, -0.05) is 11.3 Å². The summed E-state index contributed by atoms with van der Waals surface area (Å²) in [6.07, 6.45) is 4.92. The maximum absolute atomic E-state index is 12.9. The van der Waals surface area contributed by atoms with Gasteiger partial charge in [-0.05, 0) is 37.8 Å². The first kappa shape index (κ1) is 22.7. The van der Waals surface area contributed by atoms with Crippen LogP contribution < -0.4 is 10.6 Å². The van der Waals surface area contributed by atoms with E-state index in [1.807, 2.05) is 0 Å². The maximum Gasteiger partial charge on any atom is 0.276 e. The quantitative estimate of drug-likeness (QED) is 0.587. The smallest absolute Gasteiger partial charge is 0.276 e. The van der Waals surface area contributed by atoms with Gasteiger partial charge < -0.3 is 15.1 Å². The second kappa shape index (κ2) is 9.28. The number of anilines is 1. The fourth-order valence-electron chi connectivity index (χ4n) is 4.77. The van der Waals surface area contributed by atoms with E-state index in [9.17, 15) is 24.0 Å². The molecule has 0 saturated carbocycles. The lowest BCUT2D eigenvalue weighted by molar-refractivity contribution is -0.137. The number of likely N-dealkylation sites (tertiary alicyclic amines) is 1. The molecule has 182 valence electrons. The molecular formula is C23H25N7O5. The fraction of sp³-hybridized carbons (Fsp3) is 0.435. The Balaban J connectivity index is 1.25. The highest BCUT2D eigenvalue weighted by molar-refractivity contribution is 6.06. The highest BCUT2D eigenvalue weighted by Crippen LogP contribution is 2.32. The molecule has 2 fully saturated rings. The van der Waals surface area contributed by atoms with Crippen LogP contribution in [0.1, 0.15) is 58.5 Å². The number of nitrogens with zero attached hydrogens (tertiary/aromatic N) is 5. The molecule has 0 aliphatic carbocycles. The van der Waals surface area contributed by atoms with E-state index in [1.165, 1.54) is 15.8 Å². The average molecular weight is 479 g/mol. The summed E-state index contributed by atoms with van der Waals surface area (Å²) in [6, 6.07) is 4.26. The molecule has 0 spiro atoms. The summed E-state index contributed by atoms with van der Waals surface area (Å²) in [7, 11) is 0. The topological polar surface area (TPSA) is 147 Å². The van der Waals surface area contributed by atoms with Gasteiger partial charge in [0.05, 0.1) is 6.20 Å². The Labute approximate surface area is 200 Å². The third kappa shape index (κ3) is 4.51. The second-order valence-corrected chi connectivity index (χ2v) is 8.93. The van der Waals surface area contributed by atoms with Crippen molar-refractivity contribution in [2.75, 3.05) is 18.4 Å². The van der Waals surface area contributed by atoms with E-state index >= 15 is 0 Å². The number of carbonyl (C=O) groups is 5. The minimum Gasteiger partial charge on any atom is -0.337 e. The van der Waals surface area contributed by atoms with E-state index in [0.29, 0.717) is 29.9 Å². The molecular weight excluding hydrogens is 454 g/mol. The molecule has 2 N–H and O–H groups in total. The van der Waals surface area contributed by atoms with Crippen molar-refractivity contribution >= 4 is 35.2 Å². The van der Waals surface area contributed by atoms with E-state index in [4.69, 9.17) is 0 Å². The van der Waals surface area contributed by atoms with Gasteiger partial charge in [-0.15, -0.1) is 5.10 Å². The van der Waals surface area contributed by atoms with Crippen molar-refractivity contribution in [1.29, 1.82) is 0 Å². The summed E-state index contributed by atoms with van der Waals surface area (Å²) in [5.74, 6) is -1.74. The number of rotatable bonds is 5. The summed E-state index contributed by atoms with van der Waals surface area (Å²) in [5.41, 5.74) is 1.67. The van der Waals surface area contributed by atoms with Gasteiger partial charge >= 0.3 is 0 Å². The van der Waals surface area contributed by atoms with Crippen molar-refractivity contribution < 1.29 is 24.0 Å². The van der Waals surface area contributed by atoms with Gasteiger partial charge in [-0.2, -0.15) is 0 Å². The molecule has 12 heteroatoms. The molecule has 1 unspecified atom stereocenters. The lowest BCUT2D eigenvalue weighted by atomic mass is 10.0. The summed E-state index contributed by atoms with van der Waals surface area (Å²) >= 11 is 0. The Bertz CT molecular complexity index is 1220. The van der Waals surface area contributed by atoms with Gasteiger partial charge in [-0.25, -0.2) is 4.68 Å². The van der Waals surface area contributed by atoms with Crippen molar-refractivity contribution in [2.45, 2.75) is 51.2 Å². The number of piperidine rings is 2. The van der Waals surface area contributed by atoms with E-state index in [1.54, 1.807) is 23.1 Å². The lowest BCUT2D eigenvalue weighted by Gasteiger charge is -2.29. The highest BCUT2D eigenvalue weighted by Gasteiger charge is 2.40. The predicted octanol–water partition coefficient (Wildman–Crippen LogP) is 0.304. The second-order valence-electron chi connectivity index (χ2n) is 8.93. The Hall–Kier alpha value is -4.09. The third-order valence-corrected chi connectivity index (χ3v) is 6.56. The first-order valence-corrected chi connectivity index (χ1v) is 11.7. The van der Waals surface area contributed by atoms with Crippen molar-refractivity contribution in [1.82, 2.24) is 30.1 Å². The molecule has 5 rings (SSSR count). The molecule has 2 aromatic rings. The van der Waals surface area contributed by atoms with Crippen molar-refractivity contribution in [3.05, 3.63) is 41.2 Å². The van der Waals surface area contributed by atoms with Crippen LogP contribution in [-0.2, 0) is 27.5 Å². The van der Waals surface area contributed by atoms with Gasteiger partial charge in [0, 0.05) is 42.9 Å². The van der Waals surface area contributed by atoms with Crippen LogP contribution in [0.5, 0.6) is 0 Å². The highest BCUT2D eigenvalue weighted by atomic mass is 16.2. The maximum atomic E-state index is 12.9. The summed E-state index contributed by atoms with van der Waals surface area (Å²) in [4.78, 5) is 65.1. The Morgan fingerprint density at radius 1 is 1.11 bits per heavy atom. The molecule has 35 heavy (non-hydrogen) atoms. The summed E-state index contributed by atoms with van der Waals surface area (Å²) < 4.78 is 1.30. The van der Waals surface area contributed by atoms with Gasteiger partial charge in [-0.3, -0.25) is 29.3 Å². The predicted molar refractivity (Wildman–Crippen MR) is 121 cm³/mol. The van der Waals surface area contributed by atoms with Crippen molar-refractivity contribution in [2.24, 2.45) is 0 Å². The molecule has 3 aliphatic heterocycles. The number of nitrogens with one attached hydrogen (secondary N) is 2. The van der Waals surface area contributed by atoms with Crippen LogP contribution in [-0.4, -0.2) is 73.5 Å². The van der Waals surface area contributed by atoms with Gasteiger partial charge in [0.2, 0.25) is 17.7 Å². The summed E-state index contributed by atoms with van der Waals surface area (Å²) in [6.45, 7) is 1.38. The third-order valence-electron chi connectivity index (χ3n) is 6.56. The molecule has 1 aromatic carbocycles. The number of benzene rings is 1. The standard InChI is InChI=1S/C23H25N7O5/c31-19-8-7-18(21(33)25-19)30-11-15-14(22(30)34)5-4-6-16(15)24-20(32)13-29-12-17(26-27-29)23(35)28-9-2-1-3-10-28/h4-6,12,18H,1-3,7-11,13H2,(H,24,32)(H,25,31,33). The van der Waals surface area contributed by atoms with Crippen LogP contribution in [0, 0.1) is 0 Å². The van der Waals surface area contributed by atoms with Crippen LogP contribution >= 0.6 is 0 Å². The van der Waals surface area contributed by atoms with Gasteiger partial charge in [0.15, 0.2) is 5.69 Å². The Morgan fingerprint density at radius 3 is 2.69 bits per heavy atom. The average Bonchev–Trinajstić information content (AvgIpc) is 3.44. The zero-order valence-electron chi connectivity index (χ0n) is 19.0. The zero-order chi connectivity index (χ0) is 24.5. The first-order valence-electron chi connectivity index (χ1n) is 11.7. The van der Waals surface area contributed by atoms with E-state index < -0.39 is 17.9 Å². The molecule has 0 bridgehead atoms. The molecule has 5 amide bonds. The van der Waals surface area contributed by atoms with Crippen molar-refractivity contribution in [3.8, 4) is 0 Å². The summed E-state index contributed by atoms with van der Waals surface area (Å²) in [5, 5.41) is 12.9. The minimum absolute atomic E-state index is 0.148. The molecule has 4 heterocycles. The number of aromatic nitrogens is 3. The monoisotopic (exact) mass is 479 g/mol. The molecule has 3 aliphatic rings. The number of amides is 5. The minimum atomic E-state index is -0.734. The van der Waals surface area contributed by atoms with E-state index in [-0.39, 0.29) is 49.3 Å². The van der Waals surface area contributed by atoms with Crippen LogP contribution in [0.25, 0.3) is 0 Å². The number of hydrogen-bond donors (Lipinski definition) is 2. The molecule has 1 atom stereocenters. The van der Waals surface area contributed by atoms with Crippen molar-refractivity contribution in [3.63, 3.8) is 0 Å².